The fraction of sp³-hybridized carbons (Fsp3) is 0.600. The van der Waals surface area contributed by atoms with Gasteiger partial charge < -0.3 is 5.11 Å². The van der Waals surface area contributed by atoms with E-state index in [4.69, 9.17) is 5.11 Å². The van der Waals surface area contributed by atoms with E-state index in [1.807, 2.05) is 13.0 Å². The minimum Gasteiger partial charge on any atom is -0.392 e. The molecule has 17 heavy (non-hydrogen) atoms. The maximum atomic E-state index is 8.95. The molecule has 98 valence electrons. The molecule has 0 aliphatic heterocycles. The quantitative estimate of drug-likeness (QED) is 0.753. The Morgan fingerprint density at radius 2 is 1.71 bits per heavy atom. The molecule has 0 aromatic heterocycles. The average molecular weight is 254 g/mol. The highest BCUT2D eigenvalue weighted by Gasteiger charge is 2.01. The van der Waals surface area contributed by atoms with Gasteiger partial charge in [0.15, 0.2) is 0 Å². The van der Waals surface area contributed by atoms with Crippen LogP contribution in [-0.4, -0.2) is 9.85 Å². The molecular weight excluding hydrogens is 228 g/mol. The van der Waals surface area contributed by atoms with Crippen LogP contribution in [0.4, 0.5) is 0 Å². The van der Waals surface area contributed by atoms with Crippen LogP contribution in [-0.2, 0) is 6.61 Å². The SMILES string of the molecule is CC(C)(C)S.Cc1cc(C(C)C)ccc1CO. The van der Waals surface area contributed by atoms with Crippen molar-refractivity contribution in [2.45, 2.75) is 58.8 Å². The van der Waals surface area contributed by atoms with E-state index >= 15 is 0 Å². The third-order valence-electron chi connectivity index (χ3n) is 2.20. The fourth-order valence-electron chi connectivity index (χ4n) is 1.26. The minimum absolute atomic E-state index is 0.143. The lowest BCUT2D eigenvalue weighted by molar-refractivity contribution is 0.281. The fourth-order valence-corrected chi connectivity index (χ4v) is 1.26. The van der Waals surface area contributed by atoms with Crippen molar-refractivity contribution in [3.05, 3.63) is 34.9 Å². The maximum Gasteiger partial charge on any atom is 0.0684 e. The van der Waals surface area contributed by atoms with Crippen LogP contribution in [0.5, 0.6) is 0 Å². The van der Waals surface area contributed by atoms with Gasteiger partial charge in [-0.2, -0.15) is 12.6 Å². The third kappa shape index (κ3) is 8.28. The van der Waals surface area contributed by atoms with Gasteiger partial charge in [-0.3, -0.25) is 0 Å². The Labute approximate surface area is 112 Å². The lowest BCUT2D eigenvalue weighted by Gasteiger charge is -2.08. The second kappa shape index (κ2) is 7.07. The van der Waals surface area contributed by atoms with E-state index in [9.17, 15) is 0 Å². The Balaban J connectivity index is 0.000000437. The molecule has 0 radical (unpaired) electrons. The van der Waals surface area contributed by atoms with Crippen molar-refractivity contribution in [2.24, 2.45) is 0 Å². The van der Waals surface area contributed by atoms with Crippen molar-refractivity contribution in [3.63, 3.8) is 0 Å². The van der Waals surface area contributed by atoms with Gasteiger partial charge in [-0.25, -0.2) is 0 Å². The Morgan fingerprint density at radius 1 is 1.24 bits per heavy atom. The first-order valence-corrected chi connectivity index (χ1v) is 6.52. The van der Waals surface area contributed by atoms with Gasteiger partial charge in [0.05, 0.1) is 6.61 Å². The maximum absolute atomic E-state index is 8.95. The first-order chi connectivity index (χ1) is 7.65. The van der Waals surface area contributed by atoms with Crippen LogP contribution in [0.15, 0.2) is 18.2 Å². The van der Waals surface area contributed by atoms with Gasteiger partial charge in [0.1, 0.15) is 0 Å². The van der Waals surface area contributed by atoms with Crippen LogP contribution >= 0.6 is 12.6 Å². The average Bonchev–Trinajstić information content (AvgIpc) is 2.14. The summed E-state index contributed by atoms with van der Waals surface area (Å²) in [5.74, 6) is 0.566. The molecule has 0 bridgehead atoms. The molecule has 1 aromatic rings. The third-order valence-corrected chi connectivity index (χ3v) is 2.20. The lowest BCUT2D eigenvalue weighted by atomic mass is 9.98. The molecule has 0 atom stereocenters. The molecule has 0 aliphatic carbocycles. The molecule has 1 aromatic carbocycles. The Morgan fingerprint density at radius 3 is 2.00 bits per heavy atom. The normalized spacial score (nSPS) is 11.1. The summed E-state index contributed by atoms with van der Waals surface area (Å²) in [6, 6.07) is 6.24. The smallest absolute Gasteiger partial charge is 0.0684 e. The van der Waals surface area contributed by atoms with Crippen LogP contribution < -0.4 is 0 Å². The highest BCUT2D eigenvalue weighted by molar-refractivity contribution is 7.81. The van der Waals surface area contributed by atoms with E-state index in [0.29, 0.717) is 5.92 Å². The largest absolute Gasteiger partial charge is 0.392 e. The van der Waals surface area contributed by atoms with Gasteiger partial charge in [0, 0.05) is 4.75 Å². The summed E-state index contributed by atoms with van der Waals surface area (Å²) in [6.45, 7) is 12.7. The van der Waals surface area contributed by atoms with E-state index in [1.165, 1.54) is 11.1 Å². The van der Waals surface area contributed by atoms with Gasteiger partial charge in [0.2, 0.25) is 0 Å². The number of aliphatic hydroxyl groups excluding tert-OH is 1. The topological polar surface area (TPSA) is 20.2 Å². The van der Waals surface area contributed by atoms with E-state index in [2.05, 4.69) is 59.4 Å². The molecule has 0 saturated heterocycles. The molecule has 0 saturated carbocycles. The van der Waals surface area contributed by atoms with Crippen LogP contribution in [0.1, 0.15) is 57.2 Å². The number of aliphatic hydroxyl groups is 1. The summed E-state index contributed by atoms with van der Waals surface area (Å²) in [5.41, 5.74) is 3.55. The van der Waals surface area contributed by atoms with Crippen LogP contribution in [0.2, 0.25) is 0 Å². The number of hydrogen-bond donors (Lipinski definition) is 2. The monoisotopic (exact) mass is 254 g/mol. The number of thiol groups is 1. The van der Waals surface area contributed by atoms with Gasteiger partial charge >= 0.3 is 0 Å². The molecule has 1 N–H and O–H groups in total. The summed E-state index contributed by atoms with van der Waals surface area (Å²) in [5, 5.41) is 8.95. The van der Waals surface area contributed by atoms with Crippen molar-refractivity contribution in [1.82, 2.24) is 0 Å². The van der Waals surface area contributed by atoms with Crippen LogP contribution in [0, 0.1) is 6.92 Å². The van der Waals surface area contributed by atoms with Crippen molar-refractivity contribution in [1.29, 1.82) is 0 Å². The summed E-state index contributed by atoms with van der Waals surface area (Å²) >= 11 is 4.12. The van der Waals surface area contributed by atoms with Gasteiger partial charge in [-0.1, -0.05) is 52.8 Å². The predicted octanol–water partition coefficient (Wildman–Crippen LogP) is 4.33. The van der Waals surface area contributed by atoms with Crippen LogP contribution in [0.3, 0.4) is 0 Å². The van der Waals surface area contributed by atoms with E-state index in [0.717, 1.165) is 5.56 Å². The zero-order chi connectivity index (χ0) is 13.6. The number of rotatable bonds is 2. The first kappa shape index (κ1) is 16.5. The zero-order valence-corrected chi connectivity index (χ0v) is 12.8. The van der Waals surface area contributed by atoms with Crippen molar-refractivity contribution < 1.29 is 5.11 Å². The highest BCUT2D eigenvalue weighted by Crippen LogP contribution is 2.18. The molecule has 0 amide bonds. The minimum atomic E-state index is 0.143. The number of hydrogen-bond acceptors (Lipinski definition) is 2. The van der Waals surface area contributed by atoms with Gasteiger partial charge in [-0.05, 0) is 29.5 Å². The molecule has 1 rings (SSSR count). The predicted molar refractivity (Wildman–Crippen MR) is 79.9 cm³/mol. The Kier molecular flexibility index (Phi) is 6.88. The molecule has 2 heteroatoms. The summed E-state index contributed by atoms with van der Waals surface area (Å²) in [4.78, 5) is 0. The van der Waals surface area contributed by atoms with E-state index < -0.39 is 0 Å². The molecule has 0 aliphatic rings. The van der Waals surface area contributed by atoms with Gasteiger partial charge in [0.25, 0.3) is 0 Å². The Bertz CT molecular complexity index is 331. The van der Waals surface area contributed by atoms with Gasteiger partial charge in [-0.15, -0.1) is 0 Å². The molecule has 0 fully saturated rings. The number of aryl methyl sites for hydroxylation is 1. The molecular formula is C15H26OS. The second-order valence-corrected chi connectivity index (χ2v) is 7.01. The number of benzene rings is 1. The van der Waals surface area contributed by atoms with E-state index in [1.54, 1.807) is 0 Å². The van der Waals surface area contributed by atoms with Crippen LogP contribution in [0.25, 0.3) is 0 Å². The van der Waals surface area contributed by atoms with E-state index in [-0.39, 0.29) is 11.4 Å². The Hall–Kier alpha value is -0.470. The zero-order valence-electron chi connectivity index (χ0n) is 11.9. The lowest BCUT2D eigenvalue weighted by Crippen LogP contribution is -1.99. The summed E-state index contributed by atoms with van der Waals surface area (Å²) in [6.07, 6.45) is 0. The molecule has 0 spiro atoms. The highest BCUT2D eigenvalue weighted by atomic mass is 32.1. The first-order valence-electron chi connectivity index (χ1n) is 6.07. The van der Waals surface area contributed by atoms with Crippen molar-refractivity contribution in [3.8, 4) is 0 Å². The molecule has 0 unspecified atom stereocenters. The van der Waals surface area contributed by atoms with Crippen molar-refractivity contribution >= 4 is 12.6 Å². The molecule has 0 heterocycles. The molecule has 1 nitrogen and oxygen atoms in total. The standard InChI is InChI=1S/C11H16O.C4H10S/c1-8(2)10-4-5-11(7-12)9(3)6-10;1-4(2,3)5/h4-6,8,12H,7H2,1-3H3;5H,1-3H3. The summed E-state index contributed by atoms with van der Waals surface area (Å²) < 4.78 is 0.194. The summed E-state index contributed by atoms with van der Waals surface area (Å²) in [7, 11) is 0. The second-order valence-electron chi connectivity index (χ2n) is 5.67. The van der Waals surface area contributed by atoms with Crippen molar-refractivity contribution in [2.75, 3.05) is 0 Å².